The van der Waals surface area contributed by atoms with Crippen LogP contribution in [-0.2, 0) is 34.1 Å². The highest BCUT2D eigenvalue weighted by Gasteiger charge is 2.36. The third-order valence-electron chi connectivity index (χ3n) is 4.01. The standard InChI is InChI=1S/C18H17F6N3O3S/c1-31(29,30)27(15-5-3-2-4-13(15)18(22,23)24)10-12-7-6-11(8-14(12)19)9-25-26-17(28)16(20)21/h2-8,16,25H,9-10H2,1H3,(H,26,28). The van der Waals surface area contributed by atoms with Crippen molar-refractivity contribution in [3.8, 4) is 0 Å². The van der Waals surface area contributed by atoms with Gasteiger partial charge in [-0.3, -0.25) is 14.5 Å². The summed E-state index contributed by atoms with van der Waals surface area (Å²) in [6.07, 6.45) is -7.38. The summed E-state index contributed by atoms with van der Waals surface area (Å²) in [5.41, 5.74) is 2.00. The zero-order valence-electron chi connectivity index (χ0n) is 15.9. The van der Waals surface area contributed by atoms with Crippen LogP contribution in [-0.4, -0.2) is 27.0 Å². The highest BCUT2D eigenvalue weighted by molar-refractivity contribution is 7.92. The number of amides is 1. The van der Waals surface area contributed by atoms with Gasteiger partial charge in [-0.15, -0.1) is 0 Å². The second-order valence-electron chi connectivity index (χ2n) is 6.35. The first-order valence-electron chi connectivity index (χ1n) is 8.53. The van der Waals surface area contributed by atoms with E-state index in [1.165, 1.54) is 12.1 Å². The number of sulfonamides is 1. The Morgan fingerprint density at radius 2 is 1.77 bits per heavy atom. The zero-order valence-corrected chi connectivity index (χ0v) is 16.7. The summed E-state index contributed by atoms with van der Waals surface area (Å²) in [7, 11) is -4.22. The molecule has 0 aromatic heterocycles. The van der Waals surface area contributed by atoms with Crippen LogP contribution in [0.4, 0.5) is 32.0 Å². The highest BCUT2D eigenvalue weighted by Crippen LogP contribution is 2.38. The Kier molecular flexibility index (Phi) is 7.54. The van der Waals surface area contributed by atoms with Crippen LogP contribution in [0.1, 0.15) is 16.7 Å². The fraction of sp³-hybridized carbons (Fsp3) is 0.278. The lowest BCUT2D eigenvalue weighted by atomic mass is 10.1. The van der Waals surface area contributed by atoms with Crippen molar-refractivity contribution >= 4 is 21.6 Å². The fourth-order valence-corrected chi connectivity index (χ4v) is 3.47. The summed E-state index contributed by atoms with van der Waals surface area (Å²) < 4.78 is 103. The maximum Gasteiger partial charge on any atom is 0.418 e. The molecule has 2 rings (SSSR count). The Morgan fingerprint density at radius 1 is 1.13 bits per heavy atom. The molecule has 170 valence electrons. The van der Waals surface area contributed by atoms with Gasteiger partial charge in [-0.05, 0) is 23.8 Å². The molecule has 0 heterocycles. The van der Waals surface area contributed by atoms with Crippen molar-refractivity contribution in [1.82, 2.24) is 10.9 Å². The Bertz CT molecular complexity index is 1040. The van der Waals surface area contributed by atoms with E-state index in [0.29, 0.717) is 16.6 Å². The first-order valence-corrected chi connectivity index (χ1v) is 10.4. The molecule has 0 unspecified atom stereocenters. The smallest absolute Gasteiger partial charge is 0.286 e. The van der Waals surface area contributed by atoms with Crippen LogP contribution in [0, 0.1) is 5.82 Å². The van der Waals surface area contributed by atoms with Crippen molar-refractivity contribution in [3.63, 3.8) is 0 Å². The van der Waals surface area contributed by atoms with E-state index in [-0.39, 0.29) is 17.7 Å². The van der Waals surface area contributed by atoms with E-state index in [9.17, 15) is 39.6 Å². The quantitative estimate of drug-likeness (QED) is 0.460. The molecule has 0 aliphatic heterocycles. The van der Waals surface area contributed by atoms with Crippen molar-refractivity contribution < 1.29 is 39.6 Å². The lowest BCUT2D eigenvalue weighted by Crippen LogP contribution is -2.40. The number of halogens is 6. The van der Waals surface area contributed by atoms with Crippen LogP contribution in [0.5, 0.6) is 0 Å². The predicted molar refractivity (Wildman–Crippen MR) is 99.9 cm³/mol. The molecule has 13 heteroatoms. The molecule has 0 aliphatic rings. The van der Waals surface area contributed by atoms with E-state index >= 15 is 0 Å². The van der Waals surface area contributed by atoms with E-state index < -0.39 is 52.1 Å². The van der Waals surface area contributed by atoms with Gasteiger partial charge >= 0.3 is 18.5 Å². The van der Waals surface area contributed by atoms with Gasteiger partial charge < -0.3 is 0 Å². The van der Waals surface area contributed by atoms with Crippen molar-refractivity contribution in [3.05, 3.63) is 65.0 Å². The number of carbonyl (C=O) groups excluding carboxylic acids is 1. The van der Waals surface area contributed by atoms with Crippen molar-refractivity contribution in [2.24, 2.45) is 0 Å². The van der Waals surface area contributed by atoms with Crippen LogP contribution in [0.25, 0.3) is 0 Å². The molecular weight excluding hydrogens is 452 g/mol. The number of anilines is 1. The molecule has 0 saturated heterocycles. The Hall–Kier alpha value is -2.80. The van der Waals surface area contributed by atoms with E-state index in [1.807, 2.05) is 0 Å². The average molecular weight is 469 g/mol. The fourth-order valence-electron chi connectivity index (χ4n) is 2.58. The number of hydrogen-bond acceptors (Lipinski definition) is 4. The minimum atomic E-state index is -4.84. The molecule has 6 nitrogen and oxygen atoms in total. The highest BCUT2D eigenvalue weighted by atomic mass is 32.2. The van der Waals surface area contributed by atoms with E-state index in [2.05, 4.69) is 5.43 Å². The normalized spacial score (nSPS) is 12.1. The summed E-state index contributed by atoms with van der Waals surface area (Å²) in [6.45, 7) is -0.948. The summed E-state index contributed by atoms with van der Waals surface area (Å²) in [6, 6.07) is 7.39. The number of hydrazine groups is 1. The number of alkyl halides is 5. The van der Waals surface area contributed by atoms with Crippen molar-refractivity contribution in [2.45, 2.75) is 25.7 Å². The average Bonchev–Trinajstić information content (AvgIpc) is 2.65. The van der Waals surface area contributed by atoms with Gasteiger partial charge in [-0.2, -0.15) is 22.0 Å². The predicted octanol–water partition coefficient (Wildman–Crippen LogP) is 3.20. The summed E-state index contributed by atoms with van der Waals surface area (Å²) in [4.78, 5) is 10.8. The molecule has 0 atom stereocenters. The Labute approximate surface area is 173 Å². The number of nitrogens with one attached hydrogen (secondary N) is 2. The van der Waals surface area contributed by atoms with Gasteiger partial charge in [-0.25, -0.2) is 18.2 Å². The van der Waals surface area contributed by atoms with Gasteiger partial charge in [0.25, 0.3) is 0 Å². The van der Waals surface area contributed by atoms with Gasteiger partial charge in [0.15, 0.2) is 0 Å². The maximum absolute atomic E-state index is 14.5. The second-order valence-corrected chi connectivity index (χ2v) is 8.26. The molecule has 0 radical (unpaired) electrons. The summed E-state index contributed by atoms with van der Waals surface area (Å²) in [5.74, 6) is -2.51. The third-order valence-corrected chi connectivity index (χ3v) is 5.14. The summed E-state index contributed by atoms with van der Waals surface area (Å²) >= 11 is 0. The molecule has 0 saturated carbocycles. The van der Waals surface area contributed by atoms with Crippen LogP contribution in [0.3, 0.4) is 0 Å². The van der Waals surface area contributed by atoms with Crippen LogP contribution >= 0.6 is 0 Å². The topological polar surface area (TPSA) is 78.5 Å². The number of benzene rings is 2. The van der Waals surface area contributed by atoms with Gasteiger partial charge in [0.1, 0.15) is 5.82 Å². The monoisotopic (exact) mass is 469 g/mol. The Balaban J connectivity index is 2.27. The minimum Gasteiger partial charge on any atom is -0.286 e. The van der Waals surface area contributed by atoms with Crippen LogP contribution in [0.15, 0.2) is 42.5 Å². The number of hydrogen-bond donors (Lipinski definition) is 2. The van der Waals surface area contributed by atoms with Gasteiger partial charge in [0, 0.05) is 12.1 Å². The molecule has 2 N–H and O–H groups in total. The number of nitrogens with zero attached hydrogens (tertiary/aromatic N) is 1. The number of para-hydroxylation sites is 1. The van der Waals surface area contributed by atoms with Crippen molar-refractivity contribution in [1.29, 1.82) is 0 Å². The third kappa shape index (κ3) is 6.59. The summed E-state index contributed by atoms with van der Waals surface area (Å²) in [5, 5.41) is 0. The Morgan fingerprint density at radius 3 is 2.32 bits per heavy atom. The van der Waals surface area contributed by atoms with Gasteiger partial charge in [-0.1, -0.05) is 24.3 Å². The van der Waals surface area contributed by atoms with Crippen LogP contribution in [0.2, 0.25) is 0 Å². The number of rotatable bonds is 8. The van der Waals surface area contributed by atoms with Crippen molar-refractivity contribution in [2.75, 3.05) is 10.6 Å². The SMILES string of the molecule is CS(=O)(=O)N(Cc1ccc(CNNC(=O)C(F)F)cc1F)c1ccccc1C(F)(F)F. The first-order chi connectivity index (χ1) is 14.3. The largest absolute Gasteiger partial charge is 0.418 e. The second kappa shape index (κ2) is 9.56. The van der Waals surface area contributed by atoms with Gasteiger partial charge in [0.2, 0.25) is 10.0 Å². The lowest BCUT2D eigenvalue weighted by molar-refractivity contribution is -0.137. The molecule has 31 heavy (non-hydrogen) atoms. The molecule has 1 amide bonds. The molecule has 0 bridgehead atoms. The van der Waals surface area contributed by atoms with E-state index in [1.54, 1.807) is 5.43 Å². The zero-order chi connectivity index (χ0) is 23.4. The molecule has 2 aromatic rings. The molecule has 0 spiro atoms. The van der Waals surface area contributed by atoms with Gasteiger partial charge in [0.05, 0.1) is 24.1 Å². The molecular formula is C18H17F6N3O3S. The van der Waals surface area contributed by atoms with E-state index in [0.717, 1.165) is 24.3 Å². The van der Waals surface area contributed by atoms with Crippen LogP contribution < -0.4 is 15.2 Å². The molecule has 0 fully saturated rings. The lowest BCUT2D eigenvalue weighted by Gasteiger charge is -2.26. The maximum atomic E-state index is 14.5. The first kappa shape index (κ1) is 24.5. The number of carbonyl (C=O) groups is 1. The van der Waals surface area contributed by atoms with E-state index in [4.69, 9.17) is 0 Å². The molecule has 0 aliphatic carbocycles. The minimum absolute atomic E-state index is 0.206. The molecule has 2 aromatic carbocycles.